The number of likely N-dealkylation sites (tertiary alicyclic amines) is 1. The first-order valence-electron chi connectivity index (χ1n) is 8.65. The summed E-state index contributed by atoms with van der Waals surface area (Å²) >= 11 is 0. The molecule has 0 radical (unpaired) electrons. The van der Waals surface area contributed by atoms with Crippen LogP contribution in [0, 0.1) is 11.8 Å². The van der Waals surface area contributed by atoms with Crippen LogP contribution in [-0.4, -0.2) is 41.6 Å². The second kappa shape index (κ2) is 6.10. The number of methoxy groups -OCH3 is 1. The molecule has 6 heteroatoms. The van der Waals surface area contributed by atoms with E-state index >= 15 is 0 Å². The van der Waals surface area contributed by atoms with E-state index in [9.17, 15) is 14.7 Å². The Bertz CT molecular complexity index is 826. The number of amides is 1. The molecular formula is C19H21NO5. The highest BCUT2D eigenvalue weighted by molar-refractivity contribution is 5.90. The van der Waals surface area contributed by atoms with Crippen molar-refractivity contribution in [3.63, 3.8) is 0 Å². The first-order valence-corrected chi connectivity index (χ1v) is 8.65. The fourth-order valence-electron chi connectivity index (χ4n) is 4.47. The molecule has 1 N–H and O–H groups in total. The van der Waals surface area contributed by atoms with Crippen molar-refractivity contribution >= 4 is 22.8 Å². The minimum atomic E-state index is -0.885. The third-order valence-electron chi connectivity index (χ3n) is 5.67. The van der Waals surface area contributed by atoms with Crippen molar-refractivity contribution in [2.24, 2.45) is 11.8 Å². The van der Waals surface area contributed by atoms with Crippen molar-refractivity contribution in [3.8, 4) is 5.75 Å². The maximum absolute atomic E-state index is 12.8. The summed E-state index contributed by atoms with van der Waals surface area (Å²) in [6.07, 6.45) is 4.72. The lowest BCUT2D eigenvalue weighted by Crippen LogP contribution is -2.43. The van der Waals surface area contributed by atoms with E-state index in [-0.39, 0.29) is 18.2 Å². The Hall–Kier alpha value is -2.50. The summed E-state index contributed by atoms with van der Waals surface area (Å²) in [5.41, 5.74) is 1.44. The van der Waals surface area contributed by atoms with Crippen LogP contribution in [0.25, 0.3) is 11.0 Å². The van der Waals surface area contributed by atoms with Gasteiger partial charge < -0.3 is 19.2 Å². The first kappa shape index (κ1) is 16.0. The molecule has 4 rings (SSSR count). The number of rotatable bonds is 4. The highest BCUT2D eigenvalue weighted by Crippen LogP contribution is 2.42. The molecule has 1 saturated heterocycles. The summed E-state index contributed by atoms with van der Waals surface area (Å²) in [5.74, 6) is 0.102. The number of hydrogen-bond acceptors (Lipinski definition) is 4. The molecule has 0 bridgehead atoms. The molecular weight excluding hydrogens is 322 g/mol. The maximum atomic E-state index is 12.8. The van der Waals surface area contributed by atoms with Gasteiger partial charge in [0.2, 0.25) is 5.91 Å². The molecule has 1 aromatic heterocycles. The minimum Gasteiger partial charge on any atom is -0.497 e. The Morgan fingerprint density at radius 2 is 2.20 bits per heavy atom. The number of fused-ring (bicyclic) bond motifs is 2. The third-order valence-corrected chi connectivity index (χ3v) is 5.67. The Morgan fingerprint density at radius 3 is 2.96 bits per heavy atom. The summed E-state index contributed by atoms with van der Waals surface area (Å²) in [7, 11) is 1.59. The zero-order chi connectivity index (χ0) is 17.6. The maximum Gasteiger partial charge on any atom is 0.326 e. The van der Waals surface area contributed by atoms with E-state index in [2.05, 4.69) is 0 Å². The van der Waals surface area contributed by atoms with Gasteiger partial charge in [0.15, 0.2) is 0 Å². The van der Waals surface area contributed by atoms with Gasteiger partial charge in [0, 0.05) is 23.6 Å². The molecule has 2 fully saturated rings. The number of ether oxygens (including phenoxy) is 1. The second-order valence-electron chi connectivity index (χ2n) is 6.98. The van der Waals surface area contributed by atoms with Crippen LogP contribution in [-0.2, 0) is 16.0 Å². The van der Waals surface area contributed by atoms with E-state index in [4.69, 9.17) is 9.15 Å². The number of aliphatic carboxylic acids is 1. The summed E-state index contributed by atoms with van der Waals surface area (Å²) in [6, 6.07) is 4.79. The molecule has 1 aliphatic carbocycles. The third kappa shape index (κ3) is 2.65. The van der Waals surface area contributed by atoms with Crippen LogP contribution in [0.1, 0.15) is 24.8 Å². The Labute approximate surface area is 145 Å². The van der Waals surface area contributed by atoms with Gasteiger partial charge in [-0.05, 0) is 36.8 Å². The number of carboxylic acid groups (broad SMARTS) is 1. The minimum absolute atomic E-state index is 0.104. The summed E-state index contributed by atoms with van der Waals surface area (Å²) in [5, 5.41) is 10.5. The summed E-state index contributed by atoms with van der Waals surface area (Å²) in [4.78, 5) is 26.1. The first-order chi connectivity index (χ1) is 12.1. The lowest BCUT2D eigenvalue weighted by Gasteiger charge is -2.24. The molecule has 2 heterocycles. The van der Waals surface area contributed by atoms with Crippen LogP contribution < -0.4 is 4.74 Å². The molecule has 0 spiro atoms. The number of carbonyl (C=O) groups excluding carboxylic acids is 1. The molecule has 1 aliphatic heterocycles. The highest BCUT2D eigenvalue weighted by atomic mass is 16.5. The predicted octanol–water partition coefficient (Wildman–Crippen LogP) is 2.70. The Kier molecular flexibility index (Phi) is 3.90. The Balaban J connectivity index is 1.56. The van der Waals surface area contributed by atoms with E-state index in [0.717, 1.165) is 30.2 Å². The normalized spacial score (nSPS) is 25.3. The molecule has 6 nitrogen and oxygen atoms in total. The molecule has 3 atom stereocenters. The fraction of sp³-hybridized carbons (Fsp3) is 0.474. The van der Waals surface area contributed by atoms with Gasteiger partial charge in [-0.2, -0.15) is 0 Å². The van der Waals surface area contributed by atoms with Crippen molar-refractivity contribution in [2.45, 2.75) is 31.7 Å². The van der Waals surface area contributed by atoms with Crippen LogP contribution in [0.4, 0.5) is 0 Å². The molecule has 2 aromatic rings. The van der Waals surface area contributed by atoms with Crippen LogP contribution in [0.2, 0.25) is 0 Å². The average Bonchev–Trinajstić information content (AvgIpc) is 3.27. The Morgan fingerprint density at radius 1 is 1.36 bits per heavy atom. The van der Waals surface area contributed by atoms with Gasteiger partial charge in [0.25, 0.3) is 0 Å². The summed E-state index contributed by atoms with van der Waals surface area (Å²) in [6.45, 7) is 0.560. The van der Waals surface area contributed by atoms with E-state index in [1.165, 1.54) is 0 Å². The van der Waals surface area contributed by atoms with Gasteiger partial charge in [-0.15, -0.1) is 0 Å². The lowest BCUT2D eigenvalue weighted by molar-refractivity contribution is -0.149. The van der Waals surface area contributed by atoms with Crippen molar-refractivity contribution in [2.75, 3.05) is 13.7 Å². The molecule has 3 unspecified atom stereocenters. The monoisotopic (exact) mass is 343 g/mol. The van der Waals surface area contributed by atoms with Gasteiger partial charge in [-0.3, -0.25) is 4.79 Å². The molecule has 1 amide bonds. The molecule has 1 saturated carbocycles. The summed E-state index contributed by atoms with van der Waals surface area (Å²) < 4.78 is 10.7. The molecule has 1 aromatic carbocycles. The zero-order valence-electron chi connectivity index (χ0n) is 14.1. The van der Waals surface area contributed by atoms with Gasteiger partial charge in [0.1, 0.15) is 17.4 Å². The standard InChI is InChI=1S/C19H21NO5/c1-24-13-5-6-14-12(10-25-16(14)8-13)7-17(21)20-9-11-3-2-4-15(11)18(20)19(22)23/h5-6,8,10-11,15,18H,2-4,7,9H2,1H3,(H,22,23). The fourth-order valence-corrected chi connectivity index (χ4v) is 4.47. The quantitative estimate of drug-likeness (QED) is 0.923. The molecule has 25 heavy (non-hydrogen) atoms. The number of carboxylic acids is 1. The van der Waals surface area contributed by atoms with Crippen LogP contribution >= 0.6 is 0 Å². The van der Waals surface area contributed by atoms with Gasteiger partial charge in [-0.25, -0.2) is 4.79 Å². The van der Waals surface area contributed by atoms with Crippen LogP contribution in [0.5, 0.6) is 5.75 Å². The number of nitrogens with zero attached hydrogens (tertiary/aromatic N) is 1. The largest absolute Gasteiger partial charge is 0.497 e. The number of carbonyl (C=O) groups is 2. The number of hydrogen-bond donors (Lipinski definition) is 1. The topological polar surface area (TPSA) is 80.0 Å². The van der Waals surface area contributed by atoms with Gasteiger partial charge in [-0.1, -0.05) is 6.42 Å². The van der Waals surface area contributed by atoms with Crippen molar-refractivity contribution in [1.29, 1.82) is 0 Å². The van der Waals surface area contributed by atoms with Crippen molar-refractivity contribution in [1.82, 2.24) is 4.90 Å². The van der Waals surface area contributed by atoms with E-state index < -0.39 is 12.0 Å². The smallest absolute Gasteiger partial charge is 0.326 e. The van der Waals surface area contributed by atoms with Crippen LogP contribution in [0.3, 0.4) is 0 Å². The number of furan rings is 1. The average molecular weight is 343 g/mol. The molecule has 2 aliphatic rings. The van der Waals surface area contributed by atoms with Crippen molar-refractivity contribution < 1.29 is 23.8 Å². The second-order valence-corrected chi connectivity index (χ2v) is 6.98. The van der Waals surface area contributed by atoms with E-state index in [0.29, 0.717) is 23.8 Å². The highest BCUT2D eigenvalue weighted by Gasteiger charge is 2.49. The lowest BCUT2D eigenvalue weighted by atomic mass is 9.94. The SMILES string of the molecule is COc1ccc2c(CC(=O)N3CC4CCCC4C3C(=O)O)coc2c1. The van der Waals surface area contributed by atoms with Gasteiger partial charge >= 0.3 is 5.97 Å². The van der Waals surface area contributed by atoms with Gasteiger partial charge in [0.05, 0.1) is 19.8 Å². The number of benzene rings is 1. The van der Waals surface area contributed by atoms with E-state index in [1.807, 2.05) is 12.1 Å². The zero-order valence-corrected chi connectivity index (χ0v) is 14.1. The van der Waals surface area contributed by atoms with Crippen molar-refractivity contribution in [3.05, 3.63) is 30.0 Å². The molecule has 132 valence electrons. The predicted molar refractivity (Wildman–Crippen MR) is 90.4 cm³/mol. The van der Waals surface area contributed by atoms with Crippen LogP contribution in [0.15, 0.2) is 28.9 Å². The van der Waals surface area contributed by atoms with E-state index in [1.54, 1.807) is 24.3 Å².